The van der Waals surface area contributed by atoms with E-state index in [1.54, 1.807) is 30.3 Å². The molecule has 0 heterocycles. The van der Waals surface area contributed by atoms with Gasteiger partial charge in [0, 0.05) is 40.3 Å². The Morgan fingerprint density at radius 3 is 2.40 bits per heavy atom. The lowest BCUT2D eigenvalue weighted by atomic mass is 10.0. The molecule has 0 radical (unpaired) electrons. The van der Waals surface area contributed by atoms with Crippen molar-refractivity contribution in [3.8, 4) is 5.75 Å². The predicted molar refractivity (Wildman–Crippen MR) is 139 cm³/mol. The Hall–Kier alpha value is -2.61. The van der Waals surface area contributed by atoms with Gasteiger partial charge >= 0.3 is 0 Å². The van der Waals surface area contributed by atoms with Crippen LogP contribution in [0.4, 0.5) is 0 Å². The first-order valence-electron chi connectivity index (χ1n) is 11.4. The van der Waals surface area contributed by atoms with Gasteiger partial charge in [0.2, 0.25) is 5.91 Å². The minimum Gasteiger partial charge on any atom is -0.508 e. The van der Waals surface area contributed by atoms with Crippen molar-refractivity contribution in [2.24, 2.45) is 0 Å². The lowest BCUT2D eigenvalue weighted by Gasteiger charge is -2.18. The molecule has 0 fully saturated rings. The van der Waals surface area contributed by atoms with E-state index in [2.05, 4.69) is 10.6 Å². The van der Waals surface area contributed by atoms with Gasteiger partial charge in [-0.25, -0.2) is 0 Å². The van der Waals surface area contributed by atoms with Gasteiger partial charge in [0.1, 0.15) is 5.75 Å². The van der Waals surface area contributed by atoms with Crippen molar-refractivity contribution < 1.29 is 20.1 Å². The molecule has 3 rings (SSSR count). The first-order valence-corrected chi connectivity index (χ1v) is 12.1. The molecule has 35 heavy (non-hydrogen) atoms. The molecule has 3 aromatic carbocycles. The summed E-state index contributed by atoms with van der Waals surface area (Å²) in [5.74, 6) is -0.116. The topological polar surface area (TPSA) is 102 Å². The first kappa shape index (κ1) is 27.0. The number of amides is 1. The number of hydrogen-bond acceptors (Lipinski definition) is 5. The molecule has 8 heteroatoms. The Labute approximate surface area is 215 Å². The quantitative estimate of drug-likeness (QED) is 0.261. The fourth-order valence-electron chi connectivity index (χ4n) is 3.80. The second-order valence-corrected chi connectivity index (χ2v) is 9.36. The van der Waals surface area contributed by atoms with Crippen molar-refractivity contribution >= 4 is 29.1 Å². The normalized spacial score (nSPS) is 12.8. The zero-order valence-corrected chi connectivity index (χ0v) is 21.0. The summed E-state index contributed by atoms with van der Waals surface area (Å²) in [6.07, 6.45) is 0.185. The van der Waals surface area contributed by atoms with E-state index in [-0.39, 0.29) is 37.3 Å². The number of aromatic hydroxyl groups is 1. The van der Waals surface area contributed by atoms with Crippen LogP contribution < -0.4 is 10.6 Å². The average Bonchev–Trinajstić information content (AvgIpc) is 2.82. The molecule has 2 unspecified atom stereocenters. The molecule has 6 nitrogen and oxygen atoms in total. The summed E-state index contributed by atoms with van der Waals surface area (Å²) in [6, 6.07) is 17.9. The van der Waals surface area contributed by atoms with Crippen LogP contribution in [0.5, 0.6) is 5.75 Å². The number of hydrogen-bond donors (Lipinski definition) is 5. The molecule has 1 amide bonds. The van der Waals surface area contributed by atoms with Crippen LogP contribution in [0.25, 0.3) is 0 Å². The maximum Gasteiger partial charge on any atom is 0.224 e. The molecule has 0 saturated heterocycles. The van der Waals surface area contributed by atoms with Crippen molar-refractivity contribution in [2.75, 3.05) is 6.54 Å². The fraction of sp³-hybridized carbons (Fsp3) is 0.296. The molecular weight excluding hydrogens is 487 g/mol. The van der Waals surface area contributed by atoms with Gasteiger partial charge in [-0.3, -0.25) is 4.79 Å². The number of phenols is 1. The van der Waals surface area contributed by atoms with Crippen LogP contribution in [0.3, 0.4) is 0 Å². The van der Waals surface area contributed by atoms with Crippen molar-refractivity contribution in [1.29, 1.82) is 0 Å². The molecule has 186 valence electrons. The van der Waals surface area contributed by atoms with E-state index in [9.17, 15) is 20.1 Å². The number of nitrogens with one attached hydrogen (secondary N) is 2. The number of halogens is 2. The number of benzene rings is 3. The number of carbonyl (C=O) groups is 1. The number of aliphatic hydroxyl groups excluding tert-OH is 2. The summed E-state index contributed by atoms with van der Waals surface area (Å²) in [5, 5.41) is 36.7. The van der Waals surface area contributed by atoms with Crippen LogP contribution in [0.15, 0.2) is 60.7 Å². The van der Waals surface area contributed by atoms with E-state index in [1.807, 2.05) is 31.2 Å². The molecule has 2 atom stereocenters. The van der Waals surface area contributed by atoms with Crippen molar-refractivity contribution in [1.82, 2.24) is 10.6 Å². The van der Waals surface area contributed by atoms with Crippen LogP contribution in [-0.2, 0) is 30.8 Å². The molecule has 0 aliphatic carbocycles. The molecule has 0 aliphatic heterocycles. The van der Waals surface area contributed by atoms with Gasteiger partial charge < -0.3 is 26.0 Å². The lowest BCUT2D eigenvalue weighted by molar-refractivity contribution is -0.120. The minimum atomic E-state index is -0.773. The SMILES string of the molecule is CC(Cc1cccc(CC(=O)NCc2c(Cl)cccc2Cl)c1)NCC(O)c1ccc(O)c(CO)c1. The second kappa shape index (κ2) is 12.9. The zero-order chi connectivity index (χ0) is 25.4. The summed E-state index contributed by atoms with van der Waals surface area (Å²) >= 11 is 12.3. The Bertz CT molecular complexity index is 1140. The van der Waals surface area contributed by atoms with E-state index >= 15 is 0 Å². The Morgan fingerprint density at radius 1 is 1.00 bits per heavy atom. The summed E-state index contributed by atoms with van der Waals surface area (Å²) in [7, 11) is 0. The maximum absolute atomic E-state index is 12.5. The molecule has 0 bridgehead atoms. The minimum absolute atomic E-state index is 0.00556. The van der Waals surface area contributed by atoms with Gasteiger partial charge in [-0.15, -0.1) is 0 Å². The van der Waals surface area contributed by atoms with Gasteiger partial charge in [-0.1, -0.05) is 59.6 Å². The third-order valence-corrected chi connectivity index (χ3v) is 6.45. The molecule has 0 aliphatic rings. The van der Waals surface area contributed by atoms with E-state index in [4.69, 9.17) is 23.2 Å². The molecule has 0 spiro atoms. The molecular formula is C27H30Cl2N2O4. The van der Waals surface area contributed by atoms with Crippen LogP contribution in [0, 0.1) is 0 Å². The van der Waals surface area contributed by atoms with E-state index in [0.717, 1.165) is 17.5 Å². The average molecular weight is 517 g/mol. The summed E-state index contributed by atoms with van der Waals surface area (Å²) < 4.78 is 0. The van der Waals surface area contributed by atoms with E-state index < -0.39 is 6.10 Å². The van der Waals surface area contributed by atoms with Crippen LogP contribution >= 0.6 is 23.2 Å². The smallest absolute Gasteiger partial charge is 0.224 e. The lowest BCUT2D eigenvalue weighted by Crippen LogP contribution is -2.32. The van der Waals surface area contributed by atoms with Crippen LogP contribution in [-0.4, -0.2) is 33.8 Å². The molecule has 0 aromatic heterocycles. The largest absolute Gasteiger partial charge is 0.508 e. The maximum atomic E-state index is 12.5. The van der Waals surface area contributed by atoms with Gasteiger partial charge in [0.15, 0.2) is 0 Å². The third kappa shape index (κ3) is 7.95. The zero-order valence-electron chi connectivity index (χ0n) is 19.5. The second-order valence-electron chi connectivity index (χ2n) is 8.55. The van der Waals surface area contributed by atoms with Crippen LogP contribution in [0.1, 0.15) is 40.8 Å². The number of carbonyl (C=O) groups excluding carboxylic acids is 1. The predicted octanol–water partition coefficient (Wildman–Crippen LogP) is 4.30. The molecule has 0 saturated carbocycles. The van der Waals surface area contributed by atoms with Gasteiger partial charge in [0.25, 0.3) is 0 Å². The monoisotopic (exact) mass is 516 g/mol. The van der Waals surface area contributed by atoms with Gasteiger partial charge in [0.05, 0.1) is 19.1 Å². The molecule has 3 aromatic rings. The van der Waals surface area contributed by atoms with Crippen LogP contribution in [0.2, 0.25) is 10.0 Å². The summed E-state index contributed by atoms with van der Waals surface area (Å²) in [6.45, 7) is 2.32. The third-order valence-electron chi connectivity index (χ3n) is 5.74. The van der Waals surface area contributed by atoms with E-state index in [1.165, 1.54) is 6.07 Å². The standard InChI is InChI=1S/C27H30Cl2N2O4/c1-17(30-15-26(34)20-8-9-25(33)21(13-20)16-32)10-18-4-2-5-19(11-18)12-27(35)31-14-22-23(28)6-3-7-24(22)29/h2-9,11,13,17,26,30,32-34H,10,12,14-16H2,1H3,(H,31,35). The highest BCUT2D eigenvalue weighted by atomic mass is 35.5. The Kier molecular flexibility index (Phi) is 9.95. The number of rotatable bonds is 11. The van der Waals surface area contributed by atoms with Crippen molar-refractivity contribution in [3.05, 3.63) is 98.5 Å². The number of aliphatic hydroxyl groups is 2. The molecule has 5 N–H and O–H groups in total. The highest BCUT2D eigenvalue weighted by molar-refractivity contribution is 6.36. The van der Waals surface area contributed by atoms with Gasteiger partial charge in [-0.05, 0) is 54.3 Å². The van der Waals surface area contributed by atoms with Crippen molar-refractivity contribution in [2.45, 2.75) is 45.1 Å². The highest BCUT2D eigenvalue weighted by Gasteiger charge is 2.13. The Morgan fingerprint density at radius 2 is 1.69 bits per heavy atom. The fourth-order valence-corrected chi connectivity index (χ4v) is 4.33. The first-order chi connectivity index (χ1) is 16.8. The Balaban J connectivity index is 1.49. The summed E-state index contributed by atoms with van der Waals surface area (Å²) in [5.41, 5.74) is 3.67. The van der Waals surface area contributed by atoms with Crippen molar-refractivity contribution in [3.63, 3.8) is 0 Å². The highest BCUT2D eigenvalue weighted by Crippen LogP contribution is 2.24. The summed E-state index contributed by atoms with van der Waals surface area (Å²) in [4.78, 5) is 12.5. The van der Waals surface area contributed by atoms with E-state index in [0.29, 0.717) is 33.3 Å². The van der Waals surface area contributed by atoms with Gasteiger partial charge in [-0.2, -0.15) is 0 Å².